The summed E-state index contributed by atoms with van der Waals surface area (Å²) in [5.74, 6) is -0.123. The number of nitrogens with one attached hydrogen (secondary N) is 1. The van der Waals surface area contributed by atoms with E-state index in [2.05, 4.69) is 10.3 Å². The van der Waals surface area contributed by atoms with E-state index in [9.17, 15) is 14.4 Å². The number of carbonyl (C=O) groups excluding carboxylic acids is 3. The summed E-state index contributed by atoms with van der Waals surface area (Å²) in [6, 6.07) is 2.93. The molecule has 1 saturated carbocycles. The molecule has 1 aliphatic heterocycles. The Hall–Kier alpha value is -1.89. The molecule has 1 aromatic heterocycles. The molecule has 2 heterocycles. The van der Waals surface area contributed by atoms with Gasteiger partial charge in [0.15, 0.2) is 5.12 Å². The minimum Gasteiger partial charge on any atom is -0.349 e. The normalized spacial score (nSPS) is 21.5. The van der Waals surface area contributed by atoms with E-state index >= 15 is 0 Å². The summed E-state index contributed by atoms with van der Waals surface area (Å²) in [6.07, 6.45) is 7.46. The van der Waals surface area contributed by atoms with Gasteiger partial charge >= 0.3 is 0 Å². The second kappa shape index (κ2) is 8.64. The molecule has 1 saturated heterocycles. The molecule has 2 fully saturated rings. The van der Waals surface area contributed by atoms with Crippen molar-refractivity contribution in [3.63, 3.8) is 0 Å². The lowest BCUT2D eigenvalue weighted by Gasteiger charge is -2.38. The summed E-state index contributed by atoms with van der Waals surface area (Å²) in [6.45, 7) is 5.79. The Labute approximate surface area is 170 Å². The molecule has 6 nitrogen and oxygen atoms in total. The first-order chi connectivity index (χ1) is 13.3. The van der Waals surface area contributed by atoms with Crippen molar-refractivity contribution < 1.29 is 14.4 Å². The van der Waals surface area contributed by atoms with Crippen molar-refractivity contribution in [2.45, 2.75) is 70.5 Å². The van der Waals surface area contributed by atoms with Gasteiger partial charge in [-0.3, -0.25) is 19.4 Å². The molecule has 2 amide bonds. The van der Waals surface area contributed by atoms with Gasteiger partial charge in [0.2, 0.25) is 11.8 Å². The fraction of sp³-hybridized carbons (Fsp3) is 0.619. The Bertz CT molecular complexity index is 726. The van der Waals surface area contributed by atoms with Crippen LogP contribution in [0.1, 0.15) is 64.5 Å². The van der Waals surface area contributed by atoms with E-state index < -0.39 is 11.6 Å². The molecule has 2 atom stereocenters. The predicted octanol–water partition coefficient (Wildman–Crippen LogP) is 3.09. The minimum atomic E-state index is -0.732. The average molecular weight is 404 g/mol. The van der Waals surface area contributed by atoms with E-state index in [1.165, 1.54) is 11.8 Å². The Morgan fingerprint density at radius 2 is 2.00 bits per heavy atom. The van der Waals surface area contributed by atoms with Gasteiger partial charge in [-0.15, -0.1) is 0 Å². The molecule has 2 aliphatic rings. The number of hydrogen-bond donors (Lipinski definition) is 1. The highest BCUT2D eigenvalue weighted by Gasteiger charge is 2.42. The summed E-state index contributed by atoms with van der Waals surface area (Å²) in [7, 11) is 0. The quantitative estimate of drug-likeness (QED) is 0.817. The van der Waals surface area contributed by atoms with Crippen molar-refractivity contribution in [1.82, 2.24) is 15.2 Å². The first-order valence-corrected chi connectivity index (χ1v) is 10.9. The maximum Gasteiger partial charge on any atom is 0.247 e. The summed E-state index contributed by atoms with van der Waals surface area (Å²) >= 11 is 1.22. The van der Waals surface area contributed by atoms with Crippen LogP contribution in [0.3, 0.4) is 0 Å². The molecule has 152 valence electrons. The first kappa shape index (κ1) is 20.8. The van der Waals surface area contributed by atoms with Crippen molar-refractivity contribution in [2.75, 3.05) is 5.75 Å². The van der Waals surface area contributed by atoms with Crippen LogP contribution < -0.4 is 5.32 Å². The fourth-order valence-corrected chi connectivity index (χ4v) is 4.96. The minimum absolute atomic E-state index is 0.0177. The summed E-state index contributed by atoms with van der Waals surface area (Å²) in [5, 5.41) is 3.10. The first-order valence-electron chi connectivity index (χ1n) is 9.96. The van der Waals surface area contributed by atoms with Crippen LogP contribution in [0.15, 0.2) is 24.5 Å². The largest absolute Gasteiger partial charge is 0.349 e. The average Bonchev–Trinajstić information content (AvgIpc) is 3.30. The Morgan fingerprint density at radius 1 is 1.29 bits per heavy atom. The van der Waals surface area contributed by atoms with E-state index in [4.69, 9.17) is 0 Å². The number of amides is 2. The molecule has 3 rings (SSSR count). The number of nitrogens with zero attached hydrogens (tertiary/aromatic N) is 2. The van der Waals surface area contributed by atoms with Gasteiger partial charge in [-0.1, -0.05) is 30.7 Å². The molecule has 7 heteroatoms. The molecule has 0 unspecified atom stereocenters. The molecule has 1 aliphatic carbocycles. The van der Waals surface area contributed by atoms with E-state index in [0.717, 1.165) is 25.7 Å². The van der Waals surface area contributed by atoms with Crippen LogP contribution >= 0.6 is 11.8 Å². The van der Waals surface area contributed by atoms with Crippen LogP contribution in [0.5, 0.6) is 0 Å². The summed E-state index contributed by atoms with van der Waals surface area (Å²) < 4.78 is 0. The van der Waals surface area contributed by atoms with Gasteiger partial charge in [-0.25, -0.2) is 0 Å². The van der Waals surface area contributed by atoms with Crippen LogP contribution in [0.4, 0.5) is 0 Å². The highest BCUT2D eigenvalue weighted by atomic mass is 32.2. The molecular weight excluding hydrogens is 374 g/mol. The number of carbonyl (C=O) groups is 3. The lowest BCUT2D eigenvalue weighted by Crippen LogP contribution is -2.53. The van der Waals surface area contributed by atoms with Crippen molar-refractivity contribution in [3.8, 4) is 0 Å². The van der Waals surface area contributed by atoms with Gasteiger partial charge in [0.25, 0.3) is 0 Å². The summed E-state index contributed by atoms with van der Waals surface area (Å²) in [4.78, 5) is 44.6. The van der Waals surface area contributed by atoms with Crippen molar-refractivity contribution in [2.24, 2.45) is 5.92 Å². The maximum absolute atomic E-state index is 13.5. The lowest BCUT2D eigenvalue weighted by atomic mass is 9.97. The molecule has 0 aromatic carbocycles. The molecule has 1 N–H and O–H groups in total. The lowest BCUT2D eigenvalue weighted by molar-refractivity contribution is -0.147. The van der Waals surface area contributed by atoms with Crippen LogP contribution in [-0.4, -0.2) is 44.1 Å². The third-order valence-corrected chi connectivity index (χ3v) is 6.26. The van der Waals surface area contributed by atoms with Crippen LogP contribution in [0.2, 0.25) is 0 Å². The maximum atomic E-state index is 13.5. The van der Waals surface area contributed by atoms with Crippen molar-refractivity contribution in [1.29, 1.82) is 0 Å². The molecule has 0 radical (unpaired) electrons. The summed E-state index contributed by atoms with van der Waals surface area (Å²) in [5.41, 5.74) is 0.294. The van der Waals surface area contributed by atoms with E-state index in [-0.39, 0.29) is 35.3 Å². The Kier molecular flexibility index (Phi) is 6.43. The topological polar surface area (TPSA) is 79.4 Å². The molecule has 28 heavy (non-hydrogen) atoms. The zero-order chi connectivity index (χ0) is 20.3. The van der Waals surface area contributed by atoms with Gasteiger partial charge in [-0.05, 0) is 39.7 Å². The highest BCUT2D eigenvalue weighted by Crippen LogP contribution is 2.36. The van der Waals surface area contributed by atoms with Gasteiger partial charge < -0.3 is 10.2 Å². The number of thioether (sulfide) groups is 1. The zero-order valence-corrected chi connectivity index (χ0v) is 17.6. The number of pyridine rings is 1. The second-order valence-corrected chi connectivity index (χ2v) is 9.77. The van der Waals surface area contributed by atoms with Gasteiger partial charge in [-0.2, -0.15) is 0 Å². The molecule has 1 aromatic rings. The molecule has 0 bridgehead atoms. The van der Waals surface area contributed by atoms with Crippen LogP contribution in [-0.2, 0) is 14.4 Å². The highest BCUT2D eigenvalue weighted by molar-refractivity contribution is 8.14. The third kappa shape index (κ3) is 4.93. The predicted molar refractivity (Wildman–Crippen MR) is 110 cm³/mol. The van der Waals surface area contributed by atoms with Gasteiger partial charge in [0.1, 0.15) is 6.04 Å². The van der Waals surface area contributed by atoms with E-state index in [0.29, 0.717) is 11.3 Å². The van der Waals surface area contributed by atoms with Crippen LogP contribution in [0, 0.1) is 5.92 Å². The number of hydrogen-bond acceptors (Lipinski definition) is 5. The standard InChI is InChI=1S/C21H29N3O3S/c1-21(2,3)23-19(26)18(14-7-6-10-22-12-14)24(16-8-4-5-9-16)20(27)15-11-17(25)28-13-15/h6-7,10,12,15-16,18H,4-5,8-9,11,13H2,1-3H3,(H,23,26)/t15-,18-/m1/s1. The Morgan fingerprint density at radius 3 is 2.54 bits per heavy atom. The van der Waals surface area contributed by atoms with Crippen molar-refractivity contribution in [3.05, 3.63) is 30.1 Å². The third-order valence-electron chi connectivity index (χ3n) is 5.21. The number of rotatable bonds is 5. The smallest absolute Gasteiger partial charge is 0.247 e. The Balaban J connectivity index is 1.99. The van der Waals surface area contributed by atoms with Gasteiger partial charge in [0, 0.05) is 41.7 Å². The van der Waals surface area contributed by atoms with Gasteiger partial charge in [0.05, 0.1) is 5.92 Å². The fourth-order valence-electron chi connectivity index (χ4n) is 4.00. The van der Waals surface area contributed by atoms with Crippen LogP contribution in [0.25, 0.3) is 0 Å². The zero-order valence-electron chi connectivity index (χ0n) is 16.8. The number of aromatic nitrogens is 1. The van der Waals surface area contributed by atoms with E-state index in [1.54, 1.807) is 23.4 Å². The van der Waals surface area contributed by atoms with Crippen molar-refractivity contribution >= 4 is 28.7 Å². The monoisotopic (exact) mass is 403 g/mol. The molecule has 0 spiro atoms. The van der Waals surface area contributed by atoms with E-state index in [1.807, 2.05) is 26.8 Å². The SMILES string of the molecule is CC(C)(C)NC(=O)[C@@H](c1cccnc1)N(C(=O)[C@H]1CSC(=O)C1)C1CCCC1. The second-order valence-electron chi connectivity index (χ2n) is 8.70. The molecular formula is C21H29N3O3S.